The van der Waals surface area contributed by atoms with Gasteiger partial charge in [0.05, 0.1) is 15.8 Å². The van der Waals surface area contributed by atoms with Crippen LogP contribution in [0, 0.1) is 6.92 Å². The summed E-state index contributed by atoms with van der Waals surface area (Å²) < 4.78 is 44.7. The van der Waals surface area contributed by atoms with Gasteiger partial charge >= 0.3 is 12.1 Å². The average molecular weight is 504 g/mol. The molecule has 0 saturated carbocycles. The molecule has 0 bridgehead atoms. The second kappa shape index (κ2) is 10.1. The van der Waals surface area contributed by atoms with Crippen molar-refractivity contribution in [1.29, 1.82) is 0 Å². The van der Waals surface area contributed by atoms with Crippen molar-refractivity contribution in [2.45, 2.75) is 24.4 Å². The first-order valence-corrected chi connectivity index (χ1v) is 12.1. The van der Waals surface area contributed by atoms with E-state index in [-0.39, 0.29) is 6.61 Å². The minimum absolute atomic E-state index is 0.367. The Morgan fingerprint density at radius 1 is 1.09 bits per heavy atom. The smallest absolute Gasteiger partial charge is 0.416 e. The molecule has 4 nitrogen and oxygen atoms in total. The first-order chi connectivity index (χ1) is 16.2. The number of hydrogen-bond acceptors (Lipinski definition) is 5. The second-order valence-electron chi connectivity index (χ2n) is 7.60. The lowest BCUT2D eigenvalue weighted by Gasteiger charge is -2.09. The van der Waals surface area contributed by atoms with Gasteiger partial charge in [-0.3, -0.25) is 0 Å². The monoisotopic (exact) mass is 503 g/mol. The fourth-order valence-electron chi connectivity index (χ4n) is 3.35. The van der Waals surface area contributed by atoms with E-state index in [1.54, 1.807) is 17.8 Å². The number of fused-ring (bicyclic) bond motifs is 1. The molecule has 34 heavy (non-hydrogen) atoms. The van der Waals surface area contributed by atoms with E-state index in [9.17, 15) is 18.0 Å². The van der Waals surface area contributed by atoms with E-state index in [1.807, 2.05) is 31.2 Å². The lowest BCUT2D eigenvalue weighted by molar-refractivity contribution is -0.139. The molecule has 1 aromatic heterocycles. The van der Waals surface area contributed by atoms with Gasteiger partial charge in [0.15, 0.2) is 6.61 Å². The predicted octanol–water partition coefficient (Wildman–Crippen LogP) is 7.09. The van der Waals surface area contributed by atoms with E-state index in [0.29, 0.717) is 16.3 Å². The van der Waals surface area contributed by atoms with Gasteiger partial charge < -0.3 is 9.84 Å². The molecule has 1 heterocycles. The summed E-state index contributed by atoms with van der Waals surface area (Å²) in [5, 5.41) is 9.43. The SMILES string of the molecule is Cc1cc(SCCc2ccc3nc(-c4ccc(C(F)(F)F)cc4)sc3c2)ccc1OCC(=O)O. The zero-order valence-corrected chi connectivity index (χ0v) is 19.7. The van der Waals surface area contributed by atoms with Crippen molar-refractivity contribution in [3.05, 3.63) is 77.4 Å². The number of aliphatic carboxylic acids is 1. The van der Waals surface area contributed by atoms with Gasteiger partial charge in [0, 0.05) is 16.2 Å². The highest BCUT2D eigenvalue weighted by molar-refractivity contribution is 7.99. The molecule has 0 aliphatic heterocycles. The molecule has 176 valence electrons. The first kappa shape index (κ1) is 24.1. The van der Waals surface area contributed by atoms with E-state index in [0.717, 1.165) is 50.5 Å². The van der Waals surface area contributed by atoms with Gasteiger partial charge in [0.1, 0.15) is 10.8 Å². The molecule has 0 saturated heterocycles. The fourth-order valence-corrected chi connectivity index (χ4v) is 5.38. The van der Waals surface area contributed by atoms with Crippen LogP contribution in [0.2, 0.25) is 0 Å². The van der Waals surface area contributed by atoms with Gasteiger partial charge in [0.2, 0.25) is 0 Å². The van der Waals surface area contributed by atoms with Crippen molar-refractivity contribution < 1.29 is 27.8 Å². The number of aryl methyl sites for hydroxylation is 2. The number of carboxylic acid groups (broad SMARTS) is 1. The molecule has 9 heteroatoms. The number of carbonyl (C=O) groups is 1. The summed E-state index contributed by atoms with van der Waals surface area (Å²) in [6.07, 6.45) is -3.52. The van der Waals surface area contributed by atoms with Crippen molar-refractivity contribution in [1.82, 2.24) is 4.98 Å². The molecule has 0 fully saturated rings. The van der Waals surface area contributed by atoms with Crippen LogP contribution in [0.25, 0.3) is 20.8 Å². The van der Waals surface area contributed by atoms with E-state index < -0.39 is 17.7 Å². The quantitative estimate of drug-likeness (QED) is 0.260. The molecule has 0 atom stereocenters. The zero-order chi connectivity index (χ0) is 24.3. The highest BCUT2D eigenvalue weighted by Gasteiger charge is 2.30. The number of thiazole rings is 1. The third kappa shape index (κ3) is 5.90. The minimum atomic E-state index is -4.35. The second-order valence-corrected chi connectivity index (χ2v) is 9.80. The van der Waals surface area contributed by atoms with Crippen molar-refractivity contribution in [2.75, 3.05) is 12.4 Å². The Morgan fingerprint density at radius 2 is 1.85 bits per heavy atom. The molecule has 0 aliphatic carbocycles. The number of halogens is 3. The highest BCUT2D eigenvalue weighted by atomic mass is 32.2. The number of rotatable bonds is 8. The van der Waals surface area contributed by atoms with Gasteiger partial charge in [-0.05, 0) is 66.9 Å². The predicted molar refractivity (Wildman–Crippen MR) is 129 cm³/mol. The van der Waals surface area contributed by atoms with E-state index >= 15 is 0 Å². The Hall–Kier alpha value is -3.04. The van der Waals surface area contributed by atoms with Crippen molar-refractivity contribution in [3.8, 4) is 16.3 Å². The van der Waals surface area contributed by atoms with E-state index in [1.165, 1.54) is 23.5 Å². The largest absolute Gasteiger partial charge is 0.482 e. The minimum Gasteiger partial charge on any atom is -0.482 e. The van der Waals surface area contributed by atoms with Crippen LogP contribution < -0.4 is 4.74 Å². The fraction of sp³-hybridized carbons (Fsp3) is 0.200. The number of benzene rings is 3. The molecule has 0 amide bonds. The molecule has 0 aliphatic rings. The average Bonchev–Trinajstić information content (AvgIpc) is 3.21. The molecular formula is C25H20F3NO3S2. The Bertz CT molecular complexity index is 1320. The maximum absolute atomic E-state index is 12.8. The van der Waals surface area contributed by atoms with Crippen LogP contribution in [0.5, 0.6) is 5.75 Å². The lowest BCUT2D eigenvalue weighted by atomic mass is 10.1. The number of ether oxygens (including phenoxy) is 1. The van der Waals surface area contributed by atoms with Crippen molar-refractivity contribution in [2.24, 2.45) is 0 Å². The summed E-state index contributed by atoms with van der Waals surface area (Å²) in [5.41, 5.74) is 2.85. The summed E-state index contributed by atoms with van der Waals surface area (Å²) in [4.78, 5) is 16.3. The van der Waals surface area contributed by atoms with Gasteiger partial charge in [0.25, 0.3) is 0 Å². The molecule has 1 N–H and O–H groups in total. The van der Waals surface area contributed by atoms with Crippen LogP contribution in [-0.4, -0.2) is 28.4 Å². The summed E-state index contributed by atoms with van der Waals surface area (Å²) in [7, 11) is 0. The van der Waals surface area contributed by atoms with Crippen LogP contribution in [0.1, 0.15) is 16.7 Å². The van der Waals surface area contributed by atoms with Crippen LogP contribution in [-0.2, 0) is 17.4 Å². The zero-order valence-electron chi connectivity index (χ0n) is 18.1. The molecule has 4 aromatic rings. The van der Waals surface area contributed by atoms with E-state index in [4.69, 9.17) is 9.84 Å². The topological polar surface area (TPSA) is 59.4 Å². The molecule has 4 rings (SSSR count). The van der Waals surface area contributed by atoms with Crippen molar-refractivity contribution in [3.63, 3.8) is 0 Å². The maximum Gasteiger partial charge on any atom is 0.416 e. The van der Waals surface area contributed by atoms with Crippen LogP contribution in [0.4, 0.5) is 13.2 Å². The number of carboxylic acids is 1. The van der Waals surface area contributed by atoms with E-state index in [2.05, 4.69) is 11.1 Å². The molecule has 0 spiro atoms. The molecule has 3 aromatic carbocycles. The summed E-state index contributed by atoms with van der Waals surface area (Å²) in [6.45, 7) is 1.52. The molecule has 0 radical (unpaired) electrons. The summed E-state index contributed by atoms with van der Waals surface area (Å²) >= 11 is 3.16. The van der Waals surface area contributed by atoms with Gasteiger partial charge in [-0.15, -0.1) is 23.1 Å². The highest BCUT2D eigenvalue weighted by Crippen LogP contribution is 2.34. The van der Waals surface area contributed by atoms with Crippen LogP contribution >= 0.6 is 23.1 Å². The third-order valence-corrected chi connectivity index (χ3v) is 7.13. The van der Waals surface area contributed by atoms with Crippen LogP contribution in [0.15, 0.2) is 65.6 Å². The van der Waals surface area contributed by atoms with Gasteiger partial charge in [-0.1, -0.05) is 18.2 Å². The standard InChI is InChI=1S/C25H20F3NO3S2/c1-15-12-19(7-9-21(15)32-14-23(30)31)33-11-10-16-2-8-20-22(13-16)34-24(29-20)17-3-5-18(6-4-17)25(26,27)28/h2-9,12-13H,10-11,14H2,1H3,(H,30,31). The number of alkyl halides is 3. The molecule has 0 unspecified atom stereocenters. The van der Waals surface area contributed by atoms with Crippen molar-refractivity contribution >= 4 is 39.3 Å². The van der Waals surface area contributed by atoms with Gasteiger partial charge in [-0.2, -0.15) is 13.2 Å². The lowest BCUT2D eigenvalue weighted by Crippen LogP contribution is -2.10. The Labute approximate surface area is 202 Å². The normalized spacial score (nSPS) is 11.6. The molecular weight excluding hydrogens is 483 g/mol. The third-order valence-electron chi connectivity index (χ3n) is 5.07. The van der Waals surface area contributed by atoms with Crippen LogP contribution in [0.3, 0.4) is 0 Å². The number of aromatic nitrogens is 1. The maximum atomic E-state index is 12.8. The Kier molecular flexibility index (Phi) is 7.13. The summed E-state index contributed by atoms with van der Waals surface area (Å²) in [5.74, 6) is 0.402. The summed E-state index contributed by atoms with van der Waals surface area (Å²) in [6, 6.07) is 16.8. The number of hydrogen-bond donors (Lipinski definition) is 1. The number of thioether (sulfide) groups is 1. The Morgan fingerprint density at radius 3 is 2.53 bits per heavy atom. The first-order valence-electron chi connectivity index (χ1n) is 10.3. The number of nitrogens with zero attached hydrogens (tertiary/aromatic N) is 1. The van der Waals surface area contributed by atoms with Gasteiger partial charge in [-0.25, -0.2) is 9.78 Å². The Balaban J connectivity index is 1.39.